The van der Waals surface area contributed by atoms with E-state index in [0.717, 1.165) is 29.8 Å². The number of carbonyl (C=O) groups is 1. The van der Waals surface area contributed by atoms with Gasteiger partial charge in [0.05, 0.1) is 24.2 Å². The molecule has 1 aromatic carbocycles. The molecule has 0 spiro atoms. The van der Waals surface area contributed by atoms with Crippen molar-refractivity contribution in [3.8, 4) is 0 Å². The second-order valence-corrected chi connectivity index (χ2v) is 7.42. The van der Waals surface area contributed by atoms with Gasteiger partial charge in [-0.25, -0.2) is 0 Å². The largest absolute Gasteiger partial charge is 0.375 e. The first-order valence-electron chi connectivity index (χ1n) is 9.38. The molecule has 138 valence electrons. The van der Waals surface area contributed by atoms with E-state index in [1.807, 2.05) is 30.5 Å². The second kappa shape index (κ2) is 6.40. The molecule has 4 atom stereocenters. The summed E-state index contributed by atoms with van der Waals surface area (Å²) in [6.07, 6.45) is 12.4. The zero-order valence-electron chi connectivity index (χ0n) is 15.1. The molecular weight excluding hydrogens is 338 g/mol. The second-order valence-electron chi connectivity index (χ2n) is 7.42. The van der Waals surface area contributed by atoms with Crippen molar-refractivity contribution < 1.29 is 4.79 Å². The third kappa shape index (κ3) is 2.87. The van der Waals surface area contributed by atoms with Gasteiger partial charge in [0.15, 0.2) is 6.29 Å². The average molecular weight is 361 g/mol. The zero-order chi connectivity index (χ0) is 18.4. The number of aldehydes is 1. The van der Waals surface area contributed by atoms with Gasteiger partial charge in [0, 0.05) is 29.9 Å². The summed E-state index contributed by atoms with van der Waals surface area (Å²) in [7, 11) is 0. The number of nitrogens with zero attached hydrogens (tertiary/aromatic N) is 1. The van der Waals surface area contributed by atoms with E-state index in [0.29, 0.717) is 5.92 Å². The molecule has 0 saturated carbocycles. The van der Waals surface area contributed by atoms with Gasteiger partial charge < -0.3 is 15.5 Å². The highest BCUT2D eigenvalue weighted by Crippen LogP contribution is 2.34. The molecule has 27 heavy (non-hydrogen) atoms. The SMILES string of the molecule is CC1NC2NC=CC2C(NC2=CC3=CN(c4ccccc4C=O)CC3=C2)N1. The van der Waals surface area contributed by atoms with Gasteiger partial charge in [-0.15, -0.1) is 0 Å². The molecule has 3 aliphatic heterocycles. The number of nitrogens with one attached hydrogen (secondary N) is 4. The third-order valence-electron chi connectivity index (χ3n) is 5.57. The van der Waals surface area contributed by atoms with Gasteiger partial charge >= 0.3 is 0 Å². The first-order valence-corrected chi connectivity index (χ1v) is 9.38. The fourth-order valence-corrected chi connectivity index (χ4v) is 4.28. The Hall–Kier alpha value is -2.83. The summed E-state index contributed by atoms with van der Waals surface area (Å²) in [5.74, 6) is 0.353. The summed E-state index contributed by atoms with van der Waals surface area (Å²) >= 11 is 0. The van der Waals surface area contributed by atoms with Crippen molar-refractivity contribution in [1.29, 1.82) is 0 Å². The Kier molecular flexibility index (Phi) is 3.88. The normalized spacial score (nSPS) is 30.9. The van der Waals surface area contributed by atoms with Gasteiger partial charge in [0.2, 0.25) is 0 Å². The average Bonchev–Trinajstić information content (AvgIpc) is 3.36. The molecule has 1 aliphatic carbocycles. The quantitative estimate of drug-likeness (QED) is 0.610. The molecule has 4 N–H and O–H groups in total. The molecule has 0 amide bonds. The molecule has 3 heterocycles. The number of carbonyl (C=O) groups excluding carboxylic acids is 1. The zero-order valence-corrected chi connectivity index (χ0v) is 15.1. The lowest BCUT2D eigenvalue weighted by Gasteiger charge is -2.40. The van der Waals surface area contributed by atoms with Crippen LogP contribution in [0, 0.1) is 5.92 Å². The van der Waals surface area contributed by atoms with Crippen LogP contribution in [0.4, 0.5) is 5.69 Å². The molecule has 0 radical (unpaired) electrons. The van der Waals surface area contributed by atoms with Crippen LogP contribution in [0.2, 0.25) is 0 Å². The van der Waals surface area contributed by atoms with Crippen LogP contribution in [0.15, 0.2) is 71.7 Å². The topological polar surface area (TPSA) is 68.4 Å². The first kappa shape index (κ1) is 16.4. The number of hydrogen-bond acceptors (Lipinski definition) is 6. The van der Waals surface area contributed by atoms with Gasteiger partial charge in [-0.2, -0.15) is 0 Å². The van der Waals surface area contributed by atoms with E-state index in [9.17, 15) is 4.79 Å². The molecule has 0 bridgehead atoms. The van der Waals surface area contributed by atoms with Crippen molar-refractivity contribution in [2.45, 2.75) is 25.4 Å². The Morgan fingerprint density at radius 1 is 1.22 bits per heavy atom. The molecular formula is C21H23N5O. The van der Waals surface area contributed by atoms with Gasteiger partial charge in [0.1, 0.15) is 0 Å². The van der Waals surface area contributed by atoms with Crippen molar-refractivity contribution in [3.63, 3.8) is 0 Å². The number of hydrogen-bond donors (Lipinski definition) is 4. The van der Waals surface area contributed by atoms with E-state index in [4.69, 9.17) is 0 Å². The smallest absolute Gasteiger partial charge is 0.152 e. The minimum atomic E-state index is 0.173. The van der Waals surface area contributed by atoms with E-state index in [2.05, 4.69) is 57.5 Å². The van der Waals surface area contributed by atoms with Crippen LogP contribution in [-0.4, -0.2) is 31.3 Å². The summed E-state index contributed by atoms with van der Waals surface area (Å²) in [5.41, 5.74) is 5.28. The van der Waals surface area contributed by atoms with E-state index < -0.39 is 0 Å². The van der Waals surface area contributed by atoms with E-state index in [-0.39, 0.29) is 18.5 Å². The Morgan fingerprint density at radius 3 is 2.96 bits per heavy atom. The van der Waals surface area contributed by atoms with Gasteiger partial charge in [-0.1, -0.05) is 18.2 Å². The highest BCUT2D eigenvalue weighted by Gasteiger charge is 2.36. The number of allylic oxidation sites excluding steroid dienone is 2. The minimum Gasteiger partial charge on any atom is -0.375 e. The summed E-state index contributed by atoms with van der Waals surface area (Å²) < 4.78 is 0. The van der Waals surface area contributed by atoms with Crippen molar-refractivity contribution in [1.82, 2.24) is 21.3 Å². The molecule has 6 heteroatoms. The van der Waals surface area contributed by atoms with Crippen LogP contribution < -0.4 is 26.2 Å². The molecule has 0 aromatic heterocycles. The van der Waals surface area contributed by atoms with E-state index in [1.165, 1.54) is 11.1 Å². The lowest BCUT2D eigenvalue weighted by atomic mass is 10.0. The predicted molar refractivity (Wildman–Crippen MR) is 106 cm³/mol. The summed E-state index contributed by atoms with van der Waals surface area (Å²) in [5, 5.41) is 14.1. The molecule has 4 aliphatic rings. The molecule has 1 aromatic rings. The molecule has 4 unspecified atom stereocenters. The maximum atomic E-state index is 11.3. The van der Waals surface area contributed by atoms with Crippen molar-refractivity contribution >= 4 is 12.0 Å². The number of benzene rings is 1. The number of rotatable bonds is 4. The summed E-state index contributed by atoms with van der Waals surface area (Å²) in [4.78, 5) is 13.5. The van der Waals surface area contributed by atoms with Crippen molar-refractivity contribution in [2.24, 2.45) is 5.92 Å². The molecule has 1 fully saturated rings. The first-order chi connectivity index (χ1) is 13.2. The van der Waals surface area contributed by atoms with Crippen molar-refractivity contribution in [2.75, 3.05) is 11.4 Å². The highest BCUT2D eigenvalue weighted by atomic mass is 16.1. The van der Waals surface area contributed by atoms with E-state index >= 15 is 0 Å². The Morgan fingerprint density at radius 2 is 2.11 bits per heavy atom. The van der Waals surface area contributed by atoms with Crippen LogP contribution in [0.25, 0.3) is 0 Å². The summed E-state index contributed by atoms with van der Waals surface area (Å²) in [6, 6.07) is 7.71. The standard InChI is InChI=1S/C21H23N5O/c1-13-23-20-18(6-7-22-20)21(24-13)25-17-8-15-10-26(11-16(15)9-17)19-5-3-2-4-14(19)12-27/h2-10,12-13,18,20-25H,11H2,1H3. The predicted octanol–water partition coefficient (Wildman–Crippen LogP) is 1.54. The molecule has 5 rings (SSSR count). The Labute approximate surface area is 158 Å². The highest BCUT2D eigenvalue weighted by molar-refractivity contribution is 5.86. The number of fused-ring (bicyclic) bond motifs is 2. The van der Waals surface area contributed by atoms with E-state index in [1.54, 1.807) is 0 Å². The van der Waals surface area contributed by atoms with Gasteiger partial charge in [-0.05, 0) is 48.6 Å². The number of para-hydroxylation sites is 1. The van der Waals surface area contributed by atoms with Crippen LogP contribution in [0.1, 0.15) is 17.3 Å². The van der Waals surface area contributed by atoms with Crippen LogP contribution in [0.3, 0.4) is 0 Å². The fraction of sp³-hybridized carbons (Fsp3) is 0.286. The molecule has 6 nitrogen and oxygen atoms in total. The third-order valence-corrected chi connectivity index (χ3v) is 5.57. The Bertz CT molecular complexity index is 900. The van der Waals surface area contributed by atoms with Gasteiger partial charge in [0.25, 0.3) is 0 Å². The van der Waals surface area contributed by atoms with Crippen molar-refractivity contribution in [3.05, 3.63) is 77.3 Å². The number of anilines is 1. The minimum absolute atomic E-state index is 0.173. The monoisotopic (exact) mass is 361 g/mol. The summed E-state index contributed by atoms with van der Waals surface area (Å²) in [6.45, 7) is 2.91. The fourth-order valence-electron chi connectivity index (χ4n) is 4.28. The van der Waals surface area contributed by atoms with Crippen LogP contribution in [-0.2, 0) is 0 Å². The Balaban J connectivity index is 1.33. The van der Waals surface area contributed by atoms with Crippen LogP contribution in [0.5, 0.6) is 0 Å². The maximum Gasteiger partial charge on any atom is 0.152 e. The maximum absolute atomic E-state index is 11.3. The van der Waals surface area contributed by atoms with Gasteiger partial charge in [-0.3, -0.25) is 15.4 Å². The van der Waals surface area contributed by atoms with Crippen LogP contribution >= 0.6 is 0 Å². The lowest BCUT2D eigenvalue weighted by molar-refractivity contribution is 0.112. The molecule has 1 saturated heterocycles. The lowest BCUT2D eigenvalue weighted by Crippen LogP contribution is -2.67.